The summed E-state index contributed by atoms with van der Waals surface area (Å²) >= 11 is 0. The van der Waals surface area contributed by atoms with Crippen molar-refractivity contribution in [2.45, 2.75) is 12.5 Å². The van der Waals surface area contributed by atoms with E-state index in [1.807, 2.05) is 30.3 Å². The molecule has 0 fully saturated rings. The number of amides is 1. The first-order valence-corrected chi connectivity index (χ1v) is 6.65. The summed E-state index contributed by atoms with van der Waals surface area (Å²) < 4.78 is 6.43. The number of benzene rings is 1. The fourth-order valence-electron chi connectivity index (χ4n) is 2.12. The van der Waals surface area contributed by atoms with Gasteiger partial charge in [-0.05, 0) is 17.7 Å². The Kier molecular flexibility index (Phi) is 4.77. The molecule has 110 valence electrons. The number of carbonyl (C=O) groups excluding carboxylic acids is 2. The molecule has 0 bridgehead atoms. The van der Waals surface area contributed by atoms with Gasteiger partial charge in [-0.3, -0.25) is 9.59 Å². The lowest BCUT2D eigenvalue weighted by atomic mass is 10.0. The number of aryl methyl sites for hydroxylation is 1. The van der Waals surface area contributed by atoms with Crippen molar-refractivity contribution in [3.8, 4) is 0 Å². The van der Waals surface area contributed by atoms with Gasteiger partial charge < -0.3 is 14.6 Å². The predicted molar refractivity (Wildman–Crippen MR) is 78.7 cm³/mol. The maximum absolute atomic E-state index is 12.3. The van der Waals surface area contributed by atoms with Crippen LogP contribution in [0.1, 0.15) is 28.5 Å². The van der Waals surface area contributed by atoms with Crippen LogP contribution in [-0.4, -0.2) is 23.6 Å². The molecule has 0 aliphatic heterocycles. The maximum atomic E-state index is 12.3. The van der Waals surface area contributed by atoms with E-state index in [1.54, 1.807) is 29.9 Å². The largest absolute Gasteiger partial charge is 0.469 e. The predicted octanol–water partition coefficient (Wildman–Crippen LogP) is 2.06. The van der Waals surface area contributed by atoms with E-state index >= 15 is 0 Å². The fourth-order valence-corrected chi connectivity index (χ4v) is 2.12. The quantitative estimate of drug-likeness (QED) is 0.856. The van der Waals surface area contributed by atoms with Crippen molar-refractivity contribution in [1.29, 1.82) is 0 Å². The Balaban J connectivity index is 2.18. The van der Waals surface area contributed by atoms with Gasteiger partial charge in [0, 0.05) is 13.2 Å². The first-order chi connectivity index (χ1) is 10.1. The summed E-state index contributed by atoms with van der Waals surface area (Å²) in [6, 6.07) is 12.5. The van der Waals surface area contributed by atoms with Gasteiger partial charge in [0.05, 0.1) is 19.6 Å². The second-order valence-electron chi connectivity index (χ2n) is 4.72. The Morgan fingerprint density at radius 3 is 2.48 bits per heavy atom. The van der Waals surface area contributed by atoms with E-state index in [4.69, 9.17) is 4.74 Å². The molecule has 5 nitrogen and oxygen atoms in total. The summed E-state index contributed by atoms with van der Waals surface area (Å²) in [5.41, 5.74) is 1.41. The van der Waals surface area contributed by atoms with Crippen LogP contribution in [0.3, 0.4) is 0 Å². The number of methoxy groups -OCH3 is 1. The molecule has 0 aliphatic carbocycles. The van der Waals surface area contributed by atoms with Crippen LogP contribution in [0.25, 0.3) is 0 Å². The number of nitrogens with one attached hydrogen (secondary N) is 1. The monoisotopic (exact) mass is 286 g/mol. The van der Waals surface area contributed by atoms with Gasteiger partial charge in [-0.1, -0.05) is 30.3 Å². The van der Waals surface area contributed by atoms with Crippen molar-refractivity contribution in [2.75, 3.05) is 7.11 Å². The van der Waals surface area contributed by atoms with Crippen LogP contribution in [0.15, 0.2) is 48.7 Å². The molecule has 5 heteroatoms. The number of hydrogen-bond acceptors (Lipinski definition) is 3. The highest BCUT2D eigenvalue weighted by atomic mass is 16.5. The number of nitrogens with zero attached hydrogens (tertiary/aromatic N) is 1. The minimum absolute atomic E-state index is 0.0939. The highest BCUT2D eigenvalue weighted by molar-refractivity contribution is 5.93. The minimum atomic E-state index is -0.416. The van der Waals surface area contributed by atoms with Crippen molar-refractivity contribution < 1.29 is 14.3 Å². The molecule has 0 spiro atoms. The molecule has 0 unspecified atom stereocenters. The molecule has 1 aromatic carbocycles. The van der Waals surface area contributed by atoms with Gasteiger partial charge in [0.25, 0.3) is 5.91 Å². The molecular weight excluding hydrogens is 268 g/mol. The number of aromatic nitrogens is 1. The average molecular weight is 286 g/mol. The summed E-state index contributed by atoms with van der Waals surface area (Å²) in [7, 11) is 3.14. The normalized spacial score (nSPS) is 11.7. The lowest BCUT2D eigenvalue weighted by Gasteiger charge is -2.18. The standard InChI is InChI=1S/C16H18N2O3/c1-18-10-6-9-14(18)16(20)17-13(11-15(19)21-2)12-7-4-3-5-8-12/h3-10,13H,11H2,1-2H3,(H,17,20)/t13-/m1/s1. The van der Waals surface area contributed by atoms with E-state index < -0.39 is 6.04 Å². The summed E-state index contributed by atoms with van der Waals surface area (Å²) in [5.74, 6) is -0.587. The Morgan fingerprint density at radius 2 is 1.90 bits per heavy atom. The van der Waals surface area contributed by atoms with Gasteiger partial charge in [-0.15, -0.1) is 0 Å². The number of rotatable bonds is 5. The third-order valence-corrected chi connectivity index (χ3v) is 3.28. The van der Waals surface area contributed by atoms with E-state index in [0.29, 0.717) is 5.69 Å². The maximum Gasteiger partial charge on any atom is 0.307 e. The van der Waals surface area contributed by atoms with Gasteiger partial charge in [0.2, 0.25) is 0 Å². The molecule has 1 heterocycles. The van der Waals surface area contributed by atoms with Crippen LogP contribution >= 0.6 is 0 Å². The zero-order valence-corrected chi connectivity index (χ0v) is 12.1. The van der Waals surface area contributed by atoms with Crippen molar-refractivity contribution in [1.82, 2.24) is 9.88 Å². The summed E-state index contributed by atoms with van der Waals surface area (Å²) in [4.78, 5) is 23.8. The van der Waals surface area contributed by atoms with E-state index in [0.717, 1.165) is 5.56 Å². The van der Waals surface area contributed by atoms with Gasteiger partial charge in [0.15, 0.2) is 0 Å². The lowest BCUT2D eigenvalue weighted by Crippen LogP contribution is -2.31. The zero-order valence-electron chi connectivity index (χ0n) is 12.1. The number of hydrogen-bond donors (Lipinski definition) is 1. The van der Waals surface area contributed by atoms with Crippen LogP contribution in [0, 0.1) is 0 Å². The molecule has 0 saturated carbocycles. The highest BCUT2D eigenvalue weighted by Crippen LogP contribution is 2.18. The van der Waals surface area contributed by atoms with Gasteiger partial charge in [-0.2, -0.15) is 0 Å². The molecular formula is C16H18N2O3. The molecule has 1 N–H and O–H groups in total. The van der Waals surface area contributed by atoms with Crippen molar-refractivity contribution in [3.05, 3.63) is 59.9 Å². The second kappa shape index (κ2) is 6.74. The summed E-state index contributed by atoms with van der Waals surface area (Å²) in [5, 5.41) is 2.88. The van der Waals surface area contributed by atoms with Crippen LogP contribution in [0.2, 0.25) is 0 Å². The van der Waals surface area contributed by atoms with Gasteiger partial charge in [-0.25, -0.2) is 0 Å². The van der Waals surface area contributed by atoms with Crippen LogP contribution in [0.5, 0.6) is 0 Å². The summed E-state index contributed by atoms with van der Waals surface area (Å²) in [6.45, 7) is 0. The van der Waals surface area contributed by atoms with Crippen molar-refractivity contribution in [2.24, 2.45) is 7.05 Å². The SMILES string of the molecule is COC(=O)C[C@@H](NC(=O)c1cccn1C)c1ccccc1. The summed E-state index contributed by atoms with van der Waals surface area (Å²) in [6.07, 6.45) is 1.89. The van der Waals surface area contributed by atoms with E-state index in [-0.39, 0.29) is 18.3 Å². The Labute approximate surface area is 123 Å². The first-order valence-electron chi connectivity index (χ1n) is 6.65. The molecule has 21 heavy (non-hydrogen) atoms. The molecule has 1 atom stereocenters. The van der Waals surface area contributed by atoms with Gasteiger partial charge >= 0.3 is 5.97 Å². The van der Waals surface area contributed by atoms with Crippen LogP contribution in [-0.2, 0) is 16.6 Å². The van der Waals surface area contributed by atoms with Crippen LogP contribution in [0.4, 0.5) is 0 Å². The average Bonchev–Trinajstić information content (AvgIpc) is 2.93. The molecule has 0 radical (unpaired) electrons. The molecule has 2 rings (SSSR count). The molecule has 1 amide bonds. The topological polar surface area (TPSA) is 60.3 Å². The van der Waals surface area contributed by atoms with Crippen LogP contribution < -0.4 is 5.32 Å². The van der Waals surface area contributed by atoms with Crippen molar-refractivity contribution >= 4 is 11.9 Å². The third kappa shape index (κ3) is 3.72. The minimum Gasteiger partial charge on any atom is -0.469 e. The van der Waals surface area contributed by atoms with Crippen molar-refractivity contribution in [3.63, 3.8) is 0 Å². The molecule has 1 aromatic heterocycles. The number of esters is 1. The second-order valence-corrected chi connectivity index (χ2v) is 4.72. The Bertz CT molecular complexity index is 619. The smallest absolute Gasteiger partial charge is 0.307 e. The first kappa shape index (κ1) is 14.8. The lowest BCUT2D eigenvalue weighted by molar-refractivity contribution is -0.141. The van der Waals surface area contributed by atoms with E-state index in [1.165, 1.54) is 7.11 Å². The van der Waals surface area contributed by atoms with Gasteiger partial charge in [0.1, 0.15) is 5.69 Å². The number of ether oxygens (including phenoxy) is 1. The Hall–Kier alpha value is -2.56. The third-order valence-electron chi connectivity index (χ3n) is 3.28. The highest BCUT2D eigenvalue weighted by Gasteiger charge is 2.20. The Morgan fingerprint density at radius 1 is 1.19 bits per heavy atom. The van der Waals surface area contributed by atoms with E-state index in [9.17, 15) is 9.59 Å². The molecule has 0 aliphatic rings. The molecule has 2 aromatic rings. The molecule has 0 saturated heterocycles. The number of carbonyl (C=O) groups is 2. The fraction of sp³-hybridized carbons (Fsp3) is 0.250. The van der Waals surface area contributed by atoms with E-state index in [2.05, 4.69) is 5.32 Å². The zero-order chi connectivity index (χ0) is 15.2.